The van der Waals surface area contributed by atoms with Crippen molar-refractivity contribution in [3.8, 4) is 0 Å². The Morgan fingerprint density at radius 2 is 1.61 bits per heavy atom. The van der Waals surface area contributed by atoms with E-state index < -0.39 is 20.3 Å². The number of hydrogen-bond acceptors (Lipinski definition) is 7. The van der Waals surface area contributed by atoms with Crippen molar-refractivity contribution >= 4 is 31.4 Å². The molecule has 0 spiro atoms. The lowest BCUT2D eigenvalue weighted by molar-refractivity contribution is 0.0704. The Hall–Kier alpha value is -2.20. The molecule has 1 amide bonds. The van der Waals surface area contributed by atoms with Crippen molar-refractivity contribution in [1.29, 1.82) is 0 Å². The van der Waals surface area contributed by atoms with E-state index in [0.717, 1.165) is 36.9 Å². The number of anilines is 1. The summed E-state index contributed by atoms with van der Waals surface area (Å²) in [5, 5.41) is 3.70. The molecule has 0 aliphatic carbocycles. The second-order valence-corrected chi connectivity index (χ2v) is 14.3. The van der Waals surface area contributed by atoms with Crippen molar-refractivity contribution in [3.63, 3.8) is 0 Å². The smallest absolute Gasteiger partial charge is 0.422 e. The van der Waals surface area contributed by atoms with Gasteiger partial charge in [-0.25, -0.2) is 4.79 Å². The molecule has 0 saturated carbocycles. The van der Waals surface area contributed by atoms with E-state index in [1.807, 2.05) is 20.8 Å². The van der Waals surface area contributed by atoms with Gasteiger partial charge in [0.15, 0.2) is 0 Å². The summed E-state index contributed by atoms with van der Waals surface area (Å²) in [7, 11) is -2.78. The number of hydrogen-bond donors (Lipinski definition) is 1. The summed E-state index contributed by atoms with van der Waals surface area (Å²) in [6, 6.07) is 4.44. The van der Waals surface area contributed by atoms with Crippen LogP contribution in [-0.4, -0.2) is 54.2 Å². The van der Waals surface area contributed by atoms with E-state index in [1.54, 1.807) is 6.07 Å². The average Bonchev–Trinajstić information content (AvgIpc) is 2.85. The van der Waals surface area contributed by atoms with Gasteiger partial charge in [0.1, 0.15) is 11.1 Å². The standard InChI is InChI=1S/C29H44N2O6Si/c1-8-34-38(35-9-2,36-10-3)17-11-14-30-26(32)21-18-20-19-22-24-23(25(20)37-27(21)33)29(6,7)13-16-31(24)15-12-28(22,4)5/h18-19H,8-17H2,1-7H3,(H,30,32). The van der Waals surface area contributed by atoms with Gasteiger partial charge in [0, 0.05) is 62.1 Å². The van der Waals surface area contributed by atoms with Crippen molar-refractivity contribution in [3.05, 3.63) is 39.2 Å². The molecular formula is C29H44N2O6Si. The molecule has 4 rings (SSSR count). The number of carbonyl (C=O) groups excluding carboxylic acids is 1. The molecule has 9 heteroatoms. The summed E-state index contributed by atoms with van der Waals surface area (Å²) in [6.45, 7) is 18.7. The average molecular weight is 545 g/mol. The molecule has 8 nitrogen and oxygen atoms in total. The molecule has 3 heterocycles. The van der Waals surface area contributed by atoms with Crippen LogP contribution in [0.5, 0.6) is 0 Å². The second kappa shape index (κ2) is 11.1. The molecule has 1 aromatic carbocycles. The summed E-state index contributed by atoms with van der Waals surface area (Å²) < 4.78 is 23.6. The first-order valence-corrected chi connectivity index (χ1v) is 16.0. The number of nitrogens with one attached hydrogen (secondary N) is 1. The molecule has 0 fully saturated rings. The highest BCUT2D eigenvalue weighted by Crippen LogP contribution is 2.51. The minimum Gasteiger partial charge on any atom is -0.422 e. The molecule has 2 aliphatic heterocycles. The Kier molecular flexibility index (Phi) is 8.42. The van der Waals surface area contributed by atoms with E-state index in [2.05, 4.69) is 44.0 Å². The van der Waals surface area contributed by atoms with Crippen LogP contribution in [0.4, 0.5) is 5.69 Å². The first kappa shape index (κ1) is 28.8. The number of nitrogens with zero attached hydrogens (tertiary/aromatic N) is 1. The van der Waals surface area contributed by atoms with Crippen molar-refractivity contribution in [2.24, 2.45) is 0 Å². The monoisotopic (exact) mass is 544 g/mol. The van der Waals surface area contributed by atoms with E-state index in [-0.39, 0.29) is 16.4 Å². The van der Waals surface area contributed by atoms with Crippen molar-refractivity contribution < 1.29 is 22.5 Å². The Labute approximate surface area is 227 Å². The number of fused-ring (bicyclic) bond motifs is 2. The molecule has 1 N–H and O–H groups in total. The fraction of sp³-hybridized carbons (Fsp3) is 0.655. The lowest BCUT2D eigenvalue weighted by Crippen LogP contribution is -2.46. The fourth-order valence-corrected chi connectivity index (χ4v) is 8.53. The third kappa shape index (κ3) is 5.43. The normalized spacial score (nSPS) is 17.9. The Morgan fingerprint density at radius 3 is 2.21 bits per heavy atom. The zero-order chi connectivity index (χ0) is 27.7. The van der Waals surface area contributed by atoms with Crippen LogP contribution in [0.15, 0.2) is 21.3 Å². The molecule has 2 aliphatic rings. The summed E-state index contributed by atoms with van der Waals surface area (Å²) >= 11 is 0. The van der Waals surface area contributed by atoms with Crippen LogP contribution in [0.2, 0.25) is 6.04 Å². The summed E-state index contributed by atoms with van der Waals surface area (Å²) in [4.78, 5) is 28.7. The Bertz CT molecular complexity index is 1220. The van der Waals surface area contributed by atoms with Gasteiger partial charge in [-0.3, -0.25) is 4.79 Å². The van der Waals surface area contributed by atoms with Gasteiger partial charge in [-0.1, -0.05) is 27.7 Å². The second-order valence-electron chi connectivity index (χ2n) is 11.6. The van der Waals surface area contributed by atoms with E-state index in [9.17, 15) is 9.59 Å². The molecule has 0 atom stereocenters. The summed E-state index contributed by atoms with van der Waals surface area (Å²) in [5.41, 5.74) is 3.49. The van der Waals surface area contributed by atoms with Crippen LogP contribution in [0.25, 0.3) is 11.0 Å². The largest absolute Gasteiger partial charge is 0.500 e. The molecular weight excluding hydrogens is 500 g/mol. The SMILES string of the molecule is CCO[Si](CCCNC(=O)c1cc2cc3c4c(c2oc1=O)C(C)(C)CCN4CCC3(C)C)(OCC)OCC. The van der Waals surface area contributed by atoms with Crippen molar-refractivity contribution in [2.45, 2.75) is 84.6 Å². The minimum absolute atomic E-state index is 0.00117. The number of carbonyl (C=O) groups is 1. The Balaban J connectivity index is 1.61. The molecule has 38 heavy (non-hydrogen) atoms. The van der Waals surface area contributed by atoms with Gasteiger partial charge in [0.2, 0.25) is 0 Å². The van der Waals surface area contributed by atoms with E-state index >= 15 is 0 Å². The maximum absolute atomic E-state index is 13.1. The van der Waals surface area contributed by atoms with E-state index in [0.29, 0.717) is 44.4 Å². The summed E-state index contributed by atoms with van der Waals surface area (Å²) in [6.07, 6.45) is 2.67. The quantitative estimate of drug-likeness (QED) is 0.238. The van der Waals surface area contributed by atoms with E-state index in [4.69, 9.17) is 17.7 Å². The molecule has 0 bridgehead atoms. The van der Waals surface area contributed by atoms with Gasteiger partial charge >= 0.3 is 14.4 Å². The summed E-state index contributed by atoms with van der Waals surface area (Å²) in [5.74, 6) is -0.427. The van der Waals surface area contributed by atoms with Crippen molar-refractivity contribution in [1.82, 2.24) is 5.32 Å². The van der Waals surface area contributed by atoms with Crippen LogP contribution in [0, 0.1) is 0 Å². The van der Waals surface area contributed by atoms with Gasteiger partial charge in [-0.15, -0.1) is 0 Å². The molecule has 2 aromatic rings. The number of benzene rings is 1. The van der Waals surface area contributed by atoms with Crippen LogP contribution in [0.1, 0.15) is 89.2 Å². The maximum atomic E-state index is 13.1. The third-order valence-electron chi connectivity index (χ3n) is 8.01. The molecule has 0 saturated heterocycles. The first-order valence-electron chi connectivity index (χ1n) is 14.1. The first-order chi connectivity index (χ1) is 18.0. The minimum atomic E-state index is -2.78. The van der Waals surface area contributed by atoms with Gasteiger partial charge in [-0.05, 0) is 68.6 Å². The van der Waals surface area contributed by atoms with E-state index in [1.165, 1.54) is 11.3 Å². The Morgan fingerprint density at radius 1 is 1.00 bits per heavy atom. The molecule has 0 unspecified atom stereocenters. The van der Waals surface area contributed by atoms with Gasteiger partial charge in [0.05, 0.1) is 0 Å². The highest BCUT2D eigenvalue weighted by atomic mass is 28.4. The maximum Gasteiger partial charge on any atom is 0.500 e. The van der Waals surface area contributed by atoms with Crippen molar-refractivity contribution in [2.75, 3.05) is 44.4 Å². The number of amides is 1. The predicted octanol–water partition coefficient (Wildman–Crippen LogP) is 5.13. The molecule has 0 radical (unpaired) electrons. The van der Waals surface area contributed by atoms with Crippen LogP contribution >= 0.6 is 0 Å². The number of rotatable bonds is 11. The molecule has 1 aromatic heterocycles. The van der Waals surface area contributed by atoms with Gasteiger partial charge < -0.3 is 27.9 Å². The van der Waals surface area contributed by atoms with Crippen LogP contribution in [0.3, 0.4) is 0 Å². The molecule has 210 valence electrons. The zero-order valence-corrected chi connectivity index (χ0v) is 25.1. The third-order valence-corrected chi connectivity index (χ3v) is 11.2. The van der Waals surface area contributed by atoms with Gasteiger partial charge in [0.25, 0.3) is 5.91 Å². The lowest BCUT2D eigenvalue weighted by Gasteiger charge is -2.48. The predicted molar refractivity (Wildman–Crippen MR) is 152 cm³/mol. The zero-order valence-electron chi connectivity index (χ0n) is 24.1. The van der Waals surface area contributed by atoms with Gasteiger partial charge in [-0.2, -0.15) is 0 Å². The van der Waals surface area contributed by atoms with Crippen LogP contribution < -0.4 is 15.8 Å². The lowest BCUT2D eigenvalue weighted by atomic mass is 9.69. The highest BCUT2D eigenvalue weighted by Gasteiger charge is 2.42. The van der Waals surface area contributed by atoms with Crippen LogP contribution in [-0.2, 0) is 24.1 Å². The highest BCUT2D eigenvalue weighted by molar-refractivity contribution is 6.60. The topological polar surface area (TPSA) is 90.2 Å². The fourth-order valence-electron chi connectivity index (χ4n) is 5.91.